The largest absolute Gasteiger partial charge is 0.497 e. The molecule has 0 aromatic heterocycles. The monoisotopic (exact) mass is 375 g/mol. The lowest BCUT2D eigenvalue weighted by Crippen LogP contribution is -2.29. The molecule has 0 fully saturated rings. The number of methoxy groups -OCH3 is 1. The van der Waals surface area contributed by atoms with Gasteiger partial charge in [-0.15, -0.1) is 0 Å². The van der Waals surface area contributed by atoms with Crippen molar-refractivity contribution in [3.05, 3.63) is 59.7 Å². The van der Waals surface area contributed by atoms with Crippen molar-refractivity contribution in [2.24, 2.45) is 0 Å². The third-order valence-electron chi connectivity index (χ3n) is 4.55. The summed E-state index contributed by atoms with van der Waals surface area (Å²) in [5.41, 5.74) is 1.98. The summed E-state index contributed by atoms with van der Waals surface area (Å²) in [5.74, 6) is 0.837. The Morgan fingerprint density at radius 3 is 2.15 bits per heavy atom. The van der Waals surface area contributed by atoms with Gasteiger partial charge in [0.2, 0.25) is 5.91 Å². The molecule has 0 spiro atoms. The van der Waals surface area contributed by atoms with Crippen LogP contribution in [-0.2, 0) is 21.1 Å². The Bertz CT molecular complexity index is 842. The third kappa shape index (κ3) is 5.08. The molecule has 0 saturated carbocycles. The second-order valence-corrected chi connectivity index (χ2v) is 8.39. The SMILES string of the molecule is COc1ccc(CCC(=O)N(C)[C@H](C)c2ccc(S(C)(=O)=O)cc2)cc1. The van der Waals surface area contributed by atoms with E-state index < -0.39 is 9.84 Å². The summed E-state index contributed by atoms with van der Waals surface area (Å²) in [4.78, 5) is 14.5. The summed E-state index contributed by atoms with van der Waals surface area (Å²) in [6, 6.07) is 14.2. The molecule has 0 radical (unpaired) electrons. The number of aryl methyl sites for hydroxylation is 1. The molecule has 26 heavy (non-hydrogen) atoms. The first-order chi connectivity index (χ1) is 12.2. The van der Waals surface area contributed by atoms with Gasteiger partial charge in [0.05, 0.1) is 18.0 Å². The molecule has 1 amide bonds. The van der Waals surface area contributed by atoms with Crippen molar-refractivity contribution in [2.45, 2.75) is 30.7 Å². The van der Waals surface area contributed by atoms with Gasteiger partial charge < -0.3 is 9.64 Å². The number of hydrogen-bond acceptors (Lipinski definition) is 4. The molecule has 0 aliphatic heterocycles. The summed E-state index contributed by atoms with van der Waals surface area (Å²) < 4.78 is 28.2. The van der Waals surface area contributed by atoms with E-state index in [0.29, 0.717) is 12.8 Å². The van der Waals surface area contributed by atoms with E-state index >= 15 is 0 Å². The summed E-state index contributed by atoms with van der Waals surface area (Å²) in [6.07, 6.45) is 2.25. The number of carbonyl (C=O) groups is 1. The lowest BCUT2D eigenvalue weighted by atomic mass is 10.1. The predicted molar refractivity (Wildman–Crippen MR) is 102 cm³/mol. The Hall–Kier alpha value is -2.34. The lowest BCUT2D eigenvalue weighted by Gasteiger charge is -2.25. The average Bonchev–Trinajstić information content (AvgIpc) is 2.64. The highest BCUT2D eigenvalue weighted by Crippen LogP contribution is 2.22. The van der Waals surface area contributed by atoms with Crippen molar-refractivity contribution >= 4 is 15.7 Å². The van der Waals surface area contributed by atoms with E-state index in [1.807, 2.05) is 31.2 Å². The molecule has 6 heteroatoms. The normalized spacial score (nSPS) is 12.5. The standard InChI is InChI=1S/C20H25NO4S/c1-15(17-8-12-19(13-9-17)26(4,23)24)21(2)20(22)14-7-16-5-10-18(25-3)11-6-16/h5-6,8-13,15H,7,14H2,1-4H3/t15-/m1/s1. The van der Waals surface area contributed by atoms with Crippen LogP contribution in [0.2, 0.25) is 0 Å². The van der Waals surface area contributed by atoms with Crippen molar-refractivity contribution in [3.8, 4) is 5.75 Å². The summed E-state index contributed by atoms with van der Waals surface area (Å²) in [5, 5.41) is 0. The summed E-state index contributed by atoms with van der Waals surface area (Å²) in [7, 11) is 0.176. The van der Waals surface area contributed by atoms with Gasteiger partial charge in [0.25, 0.3) is 0 Å². The number of sulfone groups is 1. The predicted octanol–water partition coefficient (Wildman–Crippen LogP) is 3.25. The molecule has 2 aromatic carbocycles. The maximum absolute atomic E-state index is 12.5. The minimum atomic E-state index is -3.22. The second kappa shape index (κ2) is 8.36. The van der Waals surface area contributed by atoms with E-state index in [1.54, 1.807) is 43.3 Å². The first kappa shape index (κ1) is 20.0. The minimum Gasteiger partial charge on any atom is -0.497 e. The van der Waals surface area contributed by atoms with Gasteiger partial charge in [0.15, 0.2) is 9.84 Å². The van der Waals surface area contributed by atoms with Crippen LogP contribution in [-0.4, -0.2) is 39.6 Å². The fourth-order valence-electron chi connectivity index (χ4n) is 2.65. The number of amides is 1. The molecule has 1 atom stereocenters. The van der Waals surface area contributed by atoms with E-state index in [1.165, 1.54) is 6.26 Å². The van der Waals surface area contributed by atoms with Crippen LogP contribution in [0.1, 0.15) is 30.5 Å². The van der Waals surface area contributed by atoms with Gasteiger partial charge in [-0.25, -0.2) is 8.42 Å². The van der Waals surface area contributed by atoms with E-state index in [9.17, 15) is 13.2 Å². The smallest absolute Gasteiger partial charge is 0.223 e. The van der Waals surface area contributed by atoms with E-state index in [-0.39, 0.29) is 16.8 Å². The molecule has 0 saturated heterocycles. The first-order valence-corrected chi connectivity index (χ1v) is 10.3. The van der Waals surface area contributed by atoms with E-state index in [2.05, 4.69) is 0 Å². The van der Waals surface area contributed by atoms with Crippen LogP contribution >= 0.6 is 0 Å². The fourth-order valence-corrected chi connectivity index (χ4v) is 3.28. The van der Waals surface area contributed by atoms with Gasteiger partial charge >= 0.3 is 0 Å². The van der Waals surface area contributed by atoms with E-state index in [4.69, 9.17) is 4.74 Å². The number of carbonyl (C=O) groups excluding carboxylic acids is 1. The Kier molecular flexibility index (Phi) is 6.42. The molecule has 0 bridgehead atoms. The summed E-state index contributed by atoms with van der Waals surface area (Å²) in [6.45, 7) is 1.93. The highest BCUT2D eigenvalue weighted by Gasteiger charge is 2.18. The van der Waals surface area contributed by atoms with Crippen LogP contribution in [0.25, 0.3) is 0 Å². The lowest BCUT2D eigenvalue weighted by molar-refractivity contribution is -0.131. The third-order valence-corrected chi connectivity index (χ3v) is 5.68. The Morgan fingerprint density at radius 1 is 1.08 bits per heavy atom. The molecule has 2 rings (SSSR count). The van der Waals surface area contributed by atoms with Gasteiger partial charge in [-0.3, -0.25) is 4.79 Å². The zero-order valence-corrected chi connectivity index (χ0v) is 16.4. The second-order valence-electron chi connectivity index (χ2n) is 6.37. The molecule has 0 unspecified atom stereocenters. The van der Waals surface area contributed by atoms with Crippen molar-refractivity contribution in [1.82, 2.24) is 4.90 Å². The van der Waals surface area contributed by atoms with Gasteiger partial charge in [0, 0.05) is 19.7 Å². The molecule has 0 N–H and O–H groups in total. The molecular weight excluding hydrogens is 350 g/mol. The van der Waals surface area contributed by atoms with Crippen LogP contribution in [0, 0.1) is 0 Å². The maximum atomic E-state index is 12.5. The van der Waals surface area contributed by atoms with Crippen molar-refractivity contribution in [2.75, 3.05) is 20.4 Å². The number of hydrogen-bond donors (Lipinski definition) is 0. The highest BCUT2D eigenvalue weighted by atomic mass is 32.2. The minimum absolute atomic E-state index is 0.0421. The molecule has 140 valence electrons. The molecule has 0 heterocycles. The molecule has 0 aliphatic carbocycles. The summed E-state index contributed by atoms with van der Waals surface area (Å²) >= 11 is 0. The average molecular weight is 375 g/mol. The Morgan fingerprint density at radius 2 is 1.65 bits per heavy atom. The van der Waals surface area contributed by atoms with Crippen LogP contribution in [0.15, 0.2) is 53.4 Å². The van der Waals surface area contributed by atoms with Crippen LogP contribution < -0.4 is 4.74 Å². The zero-order valence-electron chi connectivity index (χ0n) is 15.6. The molecule has 5 nitrogen and oxygen atoms in total. The first-order valence-electron chi connectivity index (χ1n) is 8.41. The van der Waals surface area contributed by atoms with Gasteiger partial charge in [-0.05, 0) is 48.7 Å². The van der Waals surface area contributed by atoms with Gasteiger partial charge in [-0.1, -0.05) is 24.3 Å². The van der Waals surface area contributed by atoms with Crippen molar-refractivity contribution in [3.63, 3.8) is 0 Å². The molecule has 2 aromatic rings. The van der Waals surface area contributed by atoms with Crippen molar-refractivity contribution < 1.29 is 17.9 Å². The number of benzene rings is 2. The van der Waals surface area contributed by atoms with Gasteiger partial charge in [-0.2, -0.15) is 0 Å². The molecule has 0 aliphatic rings. The maximum Gasteiger partial charge on any atom is 0.223 e. The Balaban J connectivity index is 1.97. The van der Waals surface area contributed by atoms with Crippen LogP contribution in [0.4, 0.5) is 0 Å². The quantitative estimate of drug-likeness (QED) is 0.745. The fraction of sp³-hybridized carbons (Fsp3) is 0.350. The van der Waals surface area contributed by atoms with Crippen LogP contribution in [0.3, 0.4) is 0 Å². The molecular formula is C20H25NO4S. The van der Waals surface area contributed by atoms with E-state index in [0.717, 1.165) is 16.9 Å². The van der Waals surface area contributed by atoms with Gasteiger partial charge in [0.1, 0.15) is 5.75 Å². The van der Waals surface area contributed by atoms with Crippen molar-refractivity contribution in [1.29, 1.82) is 0 Å². The number of rotatable bonds is 7. The zero-order chi connectivity index (χ0) is 19.3. The van der Waals surface area contributed by atoms with Crippen LogP contribution in [0.5, 0.6) is 5.75 Å². The number of ether oxygens (including phenoxy) is 1. The Labute approximate surface area is 155 Å². The highest BCUT2D eigenvalue weighted by molar-refractivity contribution is 7.90. The number of nitrogens with zero attached hydrogens (tertiary/aromatic N) is 1. The topological polar surface area (TPSA) is 63.7 Å².